The number of rotatable bonds is 5. The van der Waals surface area contributed by atoms with E-state index in [4.69, 9.17) is 11.2 Å². The van der Waals surface area contributed by atoms with Gasteiger partial charge in [0.1, 0.15) is 19.7 Å². The number of quaternary nitrogens is 1. The molecule has 0 spiro atoms. The molecule has 1 heterocycles. The van der Waals surface area contributed by atoms with E-state index in [0.29, 0.717) is 17.6 Å². The molecule has 4 rings (SSSR count). The minimum Gasteiger partial charge on any atom is -0.480 e. The highest BCUT2D eigenvalue weighted by molar-refractivity contribution is 5.82. The van der Waals surface area contributed by atoms with E-state index in [9.17, 15) is 14.7 Å². The number of carboxylic acid groups (broad SMARTS) is 1. The molecule has 0 saturated carbocycles. The molecule has 2 aliphatic rings. The van der Waals surface area contributed by atoms with Gasteiger partial charge in [-0.15, -0.1) is 6.42 Å². The van der Waals surface area contributed by atoms with Gasteiger partial charge in [0.05, 0.1) is 14.1 Å². The van der Waals surface area contributed by atoms with Crippen LogP contribution in [0.15, 0.2) is 48.5 Å². The van der Waals surface area contributed by atoms with Gasteiger partial charge in [0.25, 0.3) is 0 Å². The van der Waals surface area contributed by atoms with Crippen LogP contribution in [0.3, 0.4) is 0 Å². The molecule has 2 aromatic rings. The minimum atomic E-state index is -1.19. The molecule has 2 aromatic carbocycles. The normalized spacial score (nSPS) is 18.8. The number of fused-ring (bicyclic) bond motifs is 3. The highest BCUT2D eigenvalue weighted by Crippen LogP contribution is 2.44. The van der Waals surface area contributed by atoms with E-state index in [1.807, 2.05) is 50.5 Å². The fourth-order valence-corrected chi connectivity index (χ4v) is 5.03. The van der Waals surface area contributed by atoms with Crippen molar-refractivity contribution in [2.45, 2.75) is 12.0 Å². The average Bonchev–Trinajstić information content (AvgIpc) is 3.02. The van der Waals surface area contributed by atoms with Crippen molar-refractivity contribution < 1.29 is 23.9 Å². The van der Waals surface area contributed by atoms with Gasteiger partial charge < -0.3 is 19.6 Å². The molecule has 1 fully saturated rings. The lowest BCUT2D eigenvalue weighted by molar-refractivity contribution is -0.946. The zero-order valence-corrected chi connectivity index (χ0v) is 17.1. The van der Waals surface area contributed by atoms with Crippen LogP contribution in [0.1, 0.15) is 17.0 Å². The van der Waals surface area contributed by atoms with Crippen LogP contribution in [-0.2, 0) is 9.53 Å². The van der Waals surface area contributed by atoms with Crippen LogP contribution in [0.25, 0.3) is 11.1 Å². The molecule has 0 radical (unpaired) electrons. The van der Waals surface area contributed by atoms with Crippen LogP contribution in [0.5, 0.6) is 0 Å². The maximum atomic E-state index is 12.5. The Labute approximate surface area is 176 Å². The molecule has 0 aromatic heterocycles. The molecule has 154 valence electrons. The van der Waals surface area contributed by atoms with Crippen molar-refractivity contribution >= 4 is 12.1 Å². The molecule has 0 bridgehead atoms. The van der Waals surface area contributed by atoms with Crippen LogP contribution in [0.2, 0.25) is 0 Å². The summed E-state index contributed by atoms with van der Waals surface area (Å²) in [5.74, 6) is 1.37. The number of likely N-dealkylation sites (tertiary alicyclic amines) is 1. The van der Waals surface area contributed by atoms with Crippen molar-refractivity contribution in [3.05, 3.63) is 59.7 Å². The third-order valence-corrected chi connectivity index (χ3v) is 6.11. The summed E-state index contributed by atoms with van der Waals surface area (Å²) in [6.07, 6.45) is 4.90. The van der Waals surface area contributed by atoms with Crippen molar-refractivity contribution in [2.75, 3.05) is 33.8 Å². The Morgan fingerprint density at radius 3 is 2.17 bits per heavy atom. The van der Waals surface area contributed by atoms with Gasteiger partial charge >= 0.3 is 12.1 Å². The number of ether oxygens (including phenoxy) is 1. The lowest BCUT2D eigenvalue weighted by Crippen LogP contribution is -2.73. The van der Waals surface area contributed by atoms with Gasteiger partial charge in [-0.1, -0.05) is 54.5 Å². The summed E-state index contributed by atoms with van der Waals surface area (Å²) in [4.78, 5) is 24.4. The Bertz CT molecular complexity index is 1000. The average molecular weight is 405 g/mol. The summed E-state index contributed by atoms with van der Waals surface area (Å²) in [6, 6.07) is 14.9. The Kier molecular flexibility index (Phi) is 4.79. The number of hydrogen-bond donors (Lipinski definition) is 2. The maximum Gasteiger partial charge on any atom is 0.407 e. The van der Waals surface area contributed by atoms with Crippen LogP contribution in [0, 0.1) is 17.8 Å². The highest BCUT2D eigenvalue weighted by Gasteiger charge is 2.59. The van der Waals surface area contributed by atoms with Gasteiger partial charge in [-0.25, -0.2) is 9.59 Å². The molecule has 6 nitrogen and oxygen atoms in total. The third-order valence-electron chi connectivity index (χ3n) is 6.11. The Morgan fingerprint density at radius 1 is 1.17 bits per heavy atom. The topological polar surface area (TPSA) is 75.6 Å². The van der Waals surface area contributed by atoms with Crippen molar-refractivity contribution in [2.24, 2.45) is 5.41 Å². The number of carbonyl (C=O) groups excluding carboxylic acids is 1. The minimum absolute atomic E-state index is 0.0904. The number of nitrogens with one attached hydrogen (secondary N) is 1. The molecule has 6 heteroatoms. The first-order valence-electron chi connectivity index (χ1n) is 9.90. The molecule has 30 heavy (non-hydrogen) atoms. The fraction of sp³-hybridized carbons (Fsp3) is 0.333. The number of terminal acetylenes is 1. The van der Waals surface area contributed by atoms with Gasteiger partial charge in [0, 0.05) is 5.92 Å². The molecule has 1 aliphatic carbocycles. The van der Waals surface area contributed by atoms with Gasteiger partial charge in [-0.05, 0) is 22.3 Å². The van der Waals surface area contributed by atoms with Crippen molar-refractivity contribution in [1.82, 2.24) is 5.32 Å². The predicted octanol–water partition coefficient (Wildman–Crippen LogP) is 2.69. The lowest BCUT2D eigenvalue weighted by Gasteiger charge is -2.52. The molecule has 1 saturated heterocycles. The summed E-state index contributed by atoms with van der Waals surface area (Å²) in [6.45, 7) is 1.07. The van der Waals surface area contributed by atoms with E-state index in [2.05, 4.69) is 23.4 Å². The molecule has 1 aliphatic heterocycles. The van der Waals surface area contributed by atoms with E-state index in [1.54, 1.807) is 0 Å². The summed E-state index contributed by atoms with van der Waals surface area (Å²) >= 11 is 0. The van der Waals surface area contributed by atoms with Crippen LogP contribution in [-0.4, -0.2) is 61.5 Å². The van der Waals surface area contributed by atoms with E-state index >= 15 is 0 Å². The van der Waals surface area contributed by atoms with Crippen LogP contribution >= 0.6 is 0 Å². The second kappa shape index (κ2) is 7.19. The quantitative estimate of drug-likeness (QED) is 0.592. The van der Waals surface area contributed by atoms with E-state index < -0.39 is 23.5 Å². The molecule has 0 unspecified atom stereocenters. The number of hydrogen-bond acceptors (Lipinski definition) is 3. The first kappa shape index (κ1) is 20.0. The Balaban J connectivity index is 1.47. The summed E-state index contributed by atoms with van der Waals surface area (Å²) in [7, 11) is 3.95. The van der Waals surface area contributed by atoms with Gasteiger partial charge in [-0.2, -0.15) is 0 Å². The van der Waals surface area contributed by atoms with Crippen LogP contribution < -0.4 is 5.32 Å². The molecule has 1 atom stereocenters. The Morgan fingerprint density at radius 2 is 1.70 bits per heavy atom. The second-order valence-corrected chi connectivity index (χ2v) is 8.79. The monoisotopic (exact) mass is 405 g/mol. The van der Waals surface area contributed by atoms with Gasteiger partial charge in [-0.3, -0.25) is 0 Å². The SMILES string of the molecule is C#CC1([C@H](NC(=O)OCC2c3ccccc3-c3ccccc32)C(=O)O)C[N+](C)(C)C1. The number of benzene rings is 2. The standard InChI is InChI=1S/C24H24N2O4/c1-4-24(14-26(2,3)15-24)21(22(27)28)25-23(29)30-13-20-18-11-7-5-9-16(18)17-10-6-8-12-19(17)20/h1,5-12,20-21H,13-15H2,2-3H3,(H-,25,27,28,29)/p+1/t21-/m1/s1. The van der Waals surface area contributed by atoms with E-state index in [1.165, 1.54) is 0 Å². The number of alkyl carbamates (subject to hydrolysis) is 1. The smallest absolute Gasteiger partial charge is 0.407 e. The summed E-state index contributed by atoms with van der Waals surface area (Å²) in [5.41, 5.74) is 3.54. The van der Waals surface area contributed by atoms with Crippen molar-refractivity contribution in [3.63, 3.8) is 0 Å². The second-order valence-electron chi connectivity index (χ2n) is 8.79. The summed E-state index contributed by atoms with van der Waals surface area (Å²) < 4.78 is 6.10. The zero-order valence-electron chi connectivity index (χ0n) is 17.1. The highest BCUT2D eigenvalue weighted by atomic mass is 16.5. The van der Waals surface area contributed by atoms with Crippen LogP contribution in [0.4, 0.5) is 4.79 Å². The molecular weight excluding hydrogens is 380 g/mol. The molecule has 1 amide bonds. The molecular formula is C24H25N2O4+. The summed E-state index contributed by atoms with van der Waals surface area (Å²) in [5, 5.41) is 12.2. The van der Waals surface area contributed by atoms with Crippen molar-refractivity contribution in [1.29, 1.82) is 0 Å². The largest absolute Gasteiger partial charge is 0.480 e. The lowest BCUT2D eigenvalue weighted by atomic mass is 9.72. The number of amides is 1. The zero-order chi connectivity index (χ0) is 21.5. The van der Waals surface area contributed by atoms with E-state index in [0.717, 1.165) is 22.3 Å². The number of carboxylic acids is 1. The number of carbonyl (C=O) groups is 2. The number of nitrogens with zero attached hydrogens (tertiary/aromatic N) is 1. The van der Waals surface area contributed by atoms with E-state index in [-0.39, 0.29) is 12.5 Å². The maximum absolute atomic E-state index is 12.5. The first-order valence-corrected chi connectivity index (χ1v) is 9.90. The fourth-order valence-electron chi connectivity index (χ4n) is 5.03. The third kappa shape index (κ3) is 3.31. The van der Waals surface area contributed by atoms with Gasteiger partial charge in [0.15, 0.2) is 11.5 Å². The van der Waals surface area contributed by atoms with Gasteiger partial charge in [0.2, 0.25) is 0 Å². The first-order chi connectivity index (χ1) is 14.3. The predicted molar refractivity (Wildman–Crippen MR) is 113 cm³/mol. The number of aliphatic carboxylic acids is 1. The van der Waals surface area contributed by atoms with Crippen molar-refractivity contribution in [3.8, 4) is 23.5 Å². The molecule has 2 N–H and O–H groups in total. The Hall–Kier alpha value is -3.30.